The van der Waals surface area contributed by atoms with Crippen molar-refractivity contribution < 1.29 is 4.79 Å². The number of benzene rings is 1. The van der Waals surface area contributed by atoms with Crippen molar-refractivity contribution in [3.05, 3.63) is 27.7 Å². The van der Waals surface area contributed by atoms with Crippen LogP contribution in [0.4, 0.5) is 5.69 Å². The first kappa shape index (κ1) is 12.4. The Bertz CT molecular complexity index is 476. The molecule has 1 aromatic carbocycles. The molecule has 1 saturated heterocycles. The van der Waals surface area contributed by atoms with Gasteiger partial charge in [0.25, 0.3) is 0 Å². The Balaban J connectivity index is 2.27. The quantitative estimate of drug-likeness (QED) is 0.857. The third kappa shape index (κ3) is 2.60. The van der Waals surface area contributed by atoms with E-state index in [9.17, 15) is 4.79 Å². The molecule has 1 aromatic rings. The van der Waals surface area contributed by atoms with Crippen LogP contribution in [0.3, 0.4) is 0 Å². The van der Waals surface area contributed by atoms with Crippen LogP contribution in [0.25, 0.3) is 0 Å². The first-order chi connectivity index (χ1) is 8.11. The molecule has 90 valence electrons. The maximum atomic E-state index is 11.1. The van der Waals surface area contributed by atoms with Crippen LogP contribution < -0.4 is 5.32 Å². The number of nitrogens with zero attached hydrogens (tertiary/aromatic N) is 2. The van der Waals surface area contributed by atoms with Crippen molar-refractivity contribution in [2.75, 3.05) is 13.2 Å². The Morgan fingerprint density at radius 1 is 1.47 bits per heavy atom. The van der Waals surface area contributed by atoms with Crippen LogP contribution in [0.2, 0.25) is 10.0 Å². The summed E-state index contributed by atoms with van der Waals surface area (Å²) in [7, 11) is 0. The highest BCUT2D eigenvalue weighted by Crippen LogP contribution is 2.33. The van der Waals surface area contributed by atoms with Gasteiger partial charge in [-0.25, -0.2) is 0 Å². The predicted molar refractivity (Wildman–Crippen MR) is 69.1 cm³/mol. The summed E-state index contributed by atoms with van der Waals surface area (Å²) in [5.41, 5.74) is 1.49. The highest BCUT2D eigenvalue weighted by atomic mass is 35.5. The van der Waals surface area contributed by atoms with E-state index in [4.69, 9.17) is 23.2 Å². The van der Waals surface area contributed by atoms with Crippen LogP contribution in [-0.4, -0.2) is 30.7 Å². The SMILES string of the molecule is C=Nc1ccc(Cl)c(Cl)c1CN1CNC(=O)C1. The van der Waals surface area contributed by atoms with E-state index < -0.39 is 0 Å². The maximum Gasteiger partial charge on any atom is 0.235 e. The summed E-state index contributed by atoms with van der Waals surface area (Å²) in [6.45, 7) is 4.89. The number of carbonyl (C=O) groups is 1. The Kier molecular flexibility index (Phi) is 3.66. The van der Waals surface area contributed by atoms with Crippen molar-refractivity contribution in [1.82, 2.24) is 10.2 Å². The third-order valence-corrected chi connectivity index (χ3v) is 3.43. The second kappa shape index (κ2) is 5.04. The minimum atomic E-state index is 0.0104. The second-order valence-electron chi connectivity index (χ2n) is 3.76. The lowest BCUT2D eigenvalue weighted by Crippen LogP contribution is -2.21. The molecule has 2 rings (SSSR count). The van der Waals surface area contributed by atoms with Gasteiger partial charge in [-0.2, -0.15) is 0 Å². The lowest BCUT2D eigenvalue weighted by atomic mass is 10.1. The number of hydrogen-bond acceptors (Lipinski definition) is 3. The molecule has 1 heterocycles. The molecule has 0 spiro atoms. The van der Waals surface area contributed by atoms with Crippen LogP contribution in [0.15, 0.2) is 17.1 Å². The van der Waals surface area contributed by atoms with Gasteiger partial charge in [0.1, 0.15) is 0 Å². The normalized spacial score (nSPS) is 16.0. The van der Waals surface area contributed by atoms with Crippen LogP contribution in [0, 0.1) is 0 Å². The molecule has 1 fully saturated rings. The number of nitrogens with one attached hydrogen (secondary N) is 1. The van der Waals surface area contributed by atoms with Crippen molar-refractivity contribution in [3.63, 3.8) is 0 Å². The fraction of sp³-hybridized carbons (Fsp3) is 0.273. The predicted octanol–water partition coefficient (Wildman–Crippen LogP) is 2.21. The molecular formula is C11H11Cl2N3O. The largest absolute Gasteiger partial charge is 0.342 e. The van der Waals surface area contributed by atoms with Gasteiger partial charge in [-0.15, -0.1) is 0 Å². The van der Waals surface area contributed by atoms with E-state index in [0.29, 0.717) is 35.5 Å². The topological polar surface area (TPSA) is 44.7 Å². The molecule has 0 radical (unpaired) electrons. The lowest BCUT2D eigenvalue weighted by molar-refractivity contribution is -0.118. The van der Waals surface area contributed by atoms with E-state index in [1.54, 1.807) is 12.1 Å². The van der Waals surface area contributed by atoms with Gasteiger partial charge in [-0.3, -0.25) is 14.7 Å². The van der Waals surface area contributed by atoms with Crippen LogP contribution in [-0.2, 0) is 11.3 Å². The highest BCUT2D eigenvalue weighted by molar-refractivity contribution is 6.42. The number of hydrogen-bond donors (Lipinski definition) is 1. The number of rotatable bonds is 3. The number of carbonyl (C=O) groups excluding carboxylic acids is 1. The summed E-state index contributed by atoms with van der Waals surface area (Å²) in [6.07, 6.45) is 0. The molecule has 6 heteroatoms. The van der Waals surface area contributed by atoms with Crippen LogP contribution in [0.5, 0.6) is 0 Å². The second-order valence-corrected chi connectivity index (χ2v) is 4.55. The molecule has 0 aliphatic carbocycles. The van der Waals surface area contributed by atoms with Gasteiger partial charge >= 0.3 is 0 Å². The van der Waals surface area contributed by atoms with E-state index in [-0.39, 0.29) is 5.91 Å². The Labute approximate surface area is 109 Å². The molecule has 0 unspecified atom stereocenters. The smallest absolute Gasteiger partial charge is 0.235 e. The third-order valence-electron chi connectivity index (χ3n) is 2.59. The van der Waals surface area contributed by atoms with Crippen molar-refractivity contribution in [1.29, 1.82) is 0 Å². The monoisotopic (exact) mass is 271 g/mol. The van der Waals surface area contributed by atoms with Gasteiger partial charge in [-0.1, -0.05) is 23.2 Å². The Morgan fingerprint density at radius 3 is 2.82 bits per heavy atom. The highest BCUT2D eigenvalue weighted by Gasteiger charge is 2.21. The van der Waals surface area contributed by atoms with E-state index in [0.717, 1.165) is 5.56 Å². The molecule has 1 aliphatic heterocycles. The van der Waals surface area contributed by atoms with Crippen molar-refractivity contribution in [2.45, 2.75) is 6.54 Å². The van der Waals surface area contributed by atoms with Crippen LogP contribution in [0.1, 0.15) is 5.56 Å². The zero-order valence-electron chi connectivity index (χ0n) is 9.04. The van der Waals surface area contributed by atoms with Gasteiger partial charge < -0.3 is 5.32 Å². The number of aliphatic imine (C=N–C) groups is 1. The van der Waals surface area contributed by atoms with E-state index in [1.807, 2.05) is 4.90 Å². The molecule has 1 amide bonds. The van der Waals surface area contributed by atoms with Gasteiger partial charge in [0, 0.05) is 12.1 Å². The number of halogens is 2. The number of amides is 1. The molecule has 0 bridgehead atoms. The average Bonchev–Trinajstić information content (AvgIpc) is 2.71. The lowest BCUT2D eigenvalue weighted by Gasteiger charge is -2.16. The fourth-order valence-corrected chi connectivity index (χ4v) is 2.13. The van der Waals surface area contributed by atoms with Crippen molar-refractivity contribution in [2.24, 2.45) is 4.99 Å². The molecule has 17 heavy (non-hydrogen) atoms. The zero-order valence-corrected chi connectivity index (χ0v) is 10.6. The Morgan fingerprint density at radius 2 is 2.24 bits per heavy atom. The minimum Gasteiger partial charge on any atom is -0.342 e. The first-order valence-corrected chi connectivity index (χ1v) is 5.80. The summed E-state index contributed by atoms with van der Waals surface area (Å²) in [5, 5.41) is 3.67. The molecule has 1 N–H and O–H groups in total. The van der Waals surface area contributed by atoms with Crippen molar-refractivity contribution >= 4 is 41.5 Å². The molecule has 0 aromatic heterocycles. The summed E-state index contributed by atoms with van der Waals surface area (Å²) in [5.74, 6) is 0.0104. The summed E-state index contributed by atoms with van der Waals surface area (Å²) < 4.78 is 0. The summed E-state index contributed by atoms with van der Waals surface area (Å²) >= 11 is 12.1. The van der Waals surface area contributed by atoms with E-state index >= 15 is 0 Å². The molecule has 0 saturated carbocycles. The van der Waals surface area contributed by atoms with Gasteiger partial charge in [-0.05, 0) is 18.9 Å². The Hall–Kier alpha value is -1.10. The summed E-state index contributed by atoms with van der Waals surface area (Å²) in [4.78, 5) is 16.9. The van der Waals surface area contributed by atoms with Crippen molar-refractivity contribution in [3.8, 4) is 0 Å². The summed E-state index contributed by atoms with van der Waals surface area (Å²) in [6, 6.07) is 3.45. The van der Waals surface area contributed by atoms with Gasteiger partial charge in [0.2, 0.25) is 5.91 Å². The average molecular weight is 272 g/mol. The maximum absolute atomic E-state index is 11.1. The van der Waals surface area contributed by atoms with Gasteiger partial charge in [0.05, 0.1) is 28.9 Å². The van der Waals surface area contributed by atoms with E-state index in [2.05, 4.69) is 17.0 Å². The first-order valence-electron chi connectivity index (χ1n) is 5.04. The molecular weight excluding hydrogens is 261 g/mol. The molecule has 0 atom stereocenters. The fourth-order valence-electron chi connectivity index (χ4n) is 1.73. The minimum absolute atomic E-state index is 0.0104. The standard InChI is InChI=1S/C11H11Cl2N3O/c1-14-9-3-2-8(12)11(13)7(9)4-16-5-10(17)15-6-16/h2-3H,1,4-6H2,(H,15,17). The van der Waals surface area contributed by atoms with Crippen LogP contribution >= 0.6 is 23.2 Å². The molecule has 1 aliphatic rings. The zero-order chi connectivity index (χ0) is 12.4. The van der Waals surface area contributed by atoms with E-state index in [1.165, 1.54) is 0 Å². The van der Waals surface area contributed by atoms with Gasteiger partial charge in [0.15, 0.2) is 0 Å². The molecule has 4 nitrogen and oxygen atoms in total.